The number of hydrogen-bond acceptors (Lipinski definition) is 3. The van der Waals surface area contributed by atoms with E-state index in [4.69, 9.17) is 4.98 Å². The van der Waals surface area contributed by atoms with Crippen molar-refractivity contribution in [3.63, 3.8) is 0 Å². The Morgan fingerprint density at radius 1 is 1.42 bits per heavy atom. The van der Waals surface area contributed by atoms with Crippen molar-refractivity contribution in [2.24, 2.45) is 0 Å². The smallest absolute Gasteiger partial charge is 0.107 e. The van der Waals surface area contributed by atoms with E-state index in [2.05, 4.69) is 47.0 Å². The number of aromatic nitrogens is 1. The molecule has 0 saturated heterocycles. The van der Waals surface area contributed by atoms with Gasteiger partial charge in [-0.05, 0) is 25.8 Å². The molecule has 2 nitrogen and oxygen atoms in total. The van der Waals surface area contributed by atoms with Crippen molar-refractivity contribution in [1.29, 1.82) is 0 Å². The number of hydrogen-bond donors (Lipinski definition) is 0. The van der Waals surface area contributed by atoms with E-state index in [0.29, 0.717) is 0 Å². The predicted molar refractivity (Wildman–Crippen MR) is 87.3 cm³/mol. The Balaban J connectivity index is 1.97. The Labute approximate surface area is 129 Å². The van der Waals surface area contributed by atoms with Crippen LogP contribution in [0, 0.1) is 0 Å². The van der Waals surface area contributed by atoms with E-state index in [9.17, 15) is 0 Å². The summed E-state index contributed by atoms with van der Waals surface area (Å²) in [5.41, 5.74) is 1.41. The molecule has 0 bridgehead atoms. The molecule has 108 valence electrons. The van der Waals surface area contributed by atoms with E-state index in [-0.39, 0.29) is 5.41 Å². The molecule has 1 heterocycles. The largest absolute Gasteiger partial charge is 0.294 e. The Morgan fingerprint density at radius 3 is 2.63 bits per heavy atom. The van der Waals surface area contributed by atoms with Crippen LogP contribution in [0.2, 0.25) is 0 Å². The van der Waals surface area contributed by atoms with Crippen molar-refractivity contribution in [2.45, 2.75) is 64.5 Å². The highest BCUT2D eigenvalue weighted by molar-refractivity contribution is 9.09. The van der Waals surface area contributed by atoms with Gasteiger partial charge in [0.2, 0.25) is 0 Å². The average molecular weight is 345 g/mol. The van der Waals surface area contributed by atoms with Crippen LogP contribution in [0.5, 0.6) is 0 Å². The standard InChI is InChI=1S/C15H25BrN2S/c1-15(2,3)13-11-19-14(17-13)10-18(9-5-8-16)12-6-4-7-12/h11-12H,4-10H2,1-3H3. The Kier molecular flexibility index (Phi) is 5.44. The summed E-state index contributed by atoms with van der Waals surface area (Å²) in [6, 6.07) is 0.807. The minimum Gasteiger partial charge on any atom is -0.294 e. The van der Waals surface area contributed by atoms with Crippen LogP contribution in [0.15, 0.2) is 5.38 Å². The second-order valence-electron chi connectivity index (χ2n) is 6.47. The summed E-state index contributed by atoms with van der Waals surface area (Å²) in [5.74, 6) is 0. The van der Waals surface area contributed by atoms with Gasteiger partial charge in [-0.1, -0.05) is 43.1 Å². The summed E-state index contributed by atoms with van der Waals surface area (Å²) in [6.07, 6.45) is 5.38. The summed E-state index contributed by atoms with van der Waals surface area (Å²) < 4.78 is 0. The van der Waals surface area contributed by atoms with E-state index in [1.807, 2.05) is 11.3 Å². The fourth-order valence-corrected chi connectivity index (χ4v) is 3.60. The highest BCUT2D eigenvalue weighted by atomic mass is 79.9. The molecule has 0 aliphatic heterocycles. The normalized spacial score (nSPS) is 16.9. The first-order chi connectivity index (χ1) is 9.00. The number of nitrogens with zero attached hydrogens (tertiary/aromatic N) is 2. The molecular formula is C15H25BrN2S. The van der Waals surface area contributed by atoms with Crippen LogP contribution in [0.4, 0.5) is 0 Å². The Morgan fingerprint density at radius 2 is 2.16 bits per heavy atom. The fraction of sp³-hybridized carbons (Fsp3) is 0.800. The second-order valence-corrected chi connectivity index (χ2v) is 8.21. The number of thiazole rings is 1. The van der Waals surface area contributed by atoms with Crippen LogP contribution < -0.4 is 0 Å². The number of rotatable bonds is 6. The lowest BCUT2D eigenvalue weighted by Gasteiger charge is -2.37. The van der Waals surface area contributed by atoms with E-state index in [1.165, 1.54) is 42.9 Å². The van der Waals surface area contributed by atoms with Crippen LogP contribution in [-0.4, -0.2) is 27.8 Å². The molecule has 1 aromatic rings. The van der Waals surface area contributed by atoms with Gasteiger partial charge in [0.05, 0.1) is 12.2 Å². The molecule has 0 amide bonds. The first-order valence-electron chi connectivity index (χ1n) is 7.25. The first-order valence-corrected chi connectivity index (χ1v) is 9.25. The molecule has 0 aromatic carbocycles. The maximum atomic E-state index is 4.84. The monoisotopic (exact) mass is 344 g/mol. The molecule has 1 aliphatic rings. The molecule has 19 heavy (non-hydrogen) atoms. The van der Waals surface area contributed by atoms with Gasteiger partial charge >= 0.3 is 0 Å². The molecule has 1 aliphatic carbocycles. The molecule has 0 spiro atoms. The molecular weight excluding hydrogens is 320 g/mol. The van der Waals surface area contributed by atoms with Gasteiger partial charge in [0.15, 0.2) is 0 Å². The number of halogens is 1. The van der Waals surface area contributed by atoms with Gasteiger partial charge < -0.3 is 0 Å². The van der Waals surface area contributed by atoms with Crippen molar-refractivity contribution in [3.8, 4) is 0 Å². The van der Waals surface area contributed by atoms with Crippen LogP contribution in [-0.2, 0) is 12.0 Å². The van der Waals surface area contributed by atoms with Crippen molar-refractivity contribution in [3.05, 3.63) is 16.1 Å². The van der Waals surface area contributed by atoms with Gasteiger partial charge in [-0.2, -0.15) is 0 Å². The highest BCUT2D eigenvalue weighted by Gasteiger charge is 2.26. The maximum absolute atomic E-state index is 4.84. The minimum absolute atomic E-state index is 0.173. The summed E-state index contributed by atoms with van der Waals surface area (Å²) in [5, 5.41) is 4.62. The van der Waals surface area contributed by atoms with Crippen LogP contribution in [0.3, 0.4) is 0 Å². The summed E-state index contributed by atoms with van der Waals surface area (Å²) in [6.45, 7) is 8.94. The fourth-order valence-electron chi connectivity index (χ4n) is 2.31. The van der Waals surface area contributed by atoms with Crippen LogP contribution in [0.25, 0.3) is 0 Å². The van der Waals surface area contributed by atoms with Gasteiger partial charge in [0, 0.05) is 22.2 Å². The molecule has 0 N–H and O–H groups in total. The topological polar surface area (TPSA) is 16.1 Å². The molecule has 2 rings (SSSR count). The van der Waals surface area contributed by atoms with Crippen molar-refractivity contribution < 1.29 is 0 Å². The van der Waals surface area contributed by atoms with Crippen LogP contribution >= 0.6 is 27.3 Å². The predicted octanol–water partition coefficient (Wildman–Crippen LogP) is 4.58. The van der Waals surface area contributed by atoms with E-state index in [0.717, 1.165) is 17.9 Å². The van der Waals surface area contributed by atoms with Gasteiger partial charge in [0.25, 0.3) is 0 Å². The zero-order valence-electron chi connectivity index (χ0n) is 12.3. The zero-order chi connectivity index (χ0) is 13.9. The Bertz CT molecular complexity index is 393. The van der Waals surface area contributed by atoms with E-state index in [1.54, 1.807) is 0 Å². The third-order valence-electron chi connectivity index (χ3n) is 3.83. The van der Waals surface area contributed by atoms with Gasteiger partial charge in [-0.3, -0.25) is 4.90 Å². The van der Waals surface area contributed by atoms with Crippen LogP contribution in [0.1, 0.15) is 57.2 Å². The molecule has 0 radical (unpaired) electrons. The second kappa shape index (κ2) is 6.68. The summed E-state index contributed by atoms with van der Waals surface area (Å²) in [4.78, 5) is 7.47. The minimum atomic E-state index is 0.173. The average Bonchev–Trinajstić information content (AvgIpc) is 2.71. The van der Waals surface area contributed by atoms with Crippen molar-refractivity contribution in [1.82, 2.24) is 9.88 Å². The summed E-state index contributed by atoms with van der Waals surface area (Å²) >= 11 is 5.37. The molecule has 4 heteroatoms. The molecule has 1 saturated carbocycles. The zero-order valence-corrected chi connectivity index (χ0v) is 14.7. The van der Waals surface area contributed by atoms with Gasteiger partial charge in [-0.15, -0.1) is 11.3 Å². The SMILES string of the molecule is CC(C)(C)c1csc(CN(CCCBr)C2CCC2)n1. The lowest BCUT2D eigenvalue weighted by atomic mass is 9.91. The van der Waals surface area contributed by atoms with E-state index >= 15 is 0 Å². The van der Waals surface area contributed by atoms with E-state index < -0.39 is 0 Å². The molecule has 1 aromatic heterocycles. The van der Waals surface area contributed by atoms with Crippen molar-refractivity contribution in [2.75, 3.05) is 11.9 Å². The van der Waals surface area contributed by atoms with Crippen molar-refractivity contribution >= 4 is 27.3 Å². The quantitative estimate of drug-likeness (QED) is 0.702. The van der Waals surface area contributed by atoms with Gasteiger partial charge in [0.1, 0.15) is 5.01 Å². The maximum Gasteiger partial charge on any atom is 0.107 e. The molecule has 0 unspecified atom stereocenters. The molecule has 0 atom stereocenters. The Hall–Kier alpha value is 0.0700. The number of alkyl halides is 1. The third kappa shape index (κ3) is 4.27. The molecule has 1 fully saturated rings. The highest BCUT2D eigenvalue weighted by Crippen LogP contribution is 2.29. The first kappa shape index (κ1) is 15.5. The summed E-state index contributed by atoms with van der Waals surface area (Å²) in [7, 11) is 0. The lowest BCUT2D eigenvalue weighted by Crippen LogP contribution is -2.40. The third-order valence-corrected chi connectivity index (χ3v) is 5.22. The van der Waals surface area contributed by atoms with Gasteiger partial charge in [-0.25, -0.2) is 4.98 Å². The lowest BCUT2D eigenvalue weighted by molar-refractivity contribution is 0.120.